The number of Topliss-reactive ketones (excluding diaryl/α,β-unsaturated/α-hetero) is 1. The van der Waals surface area contributed by atoms with Gasteiger partial charge in [-0.1, -0.05) is 29.8 Å². The average Bonchev–Trinajstić information content (AvgIpc) is 3.01. The van der Waals surface area contributed by atoms with E-state index in [1.807, 2.05) is 26.0 Å². The smallest absolute Gasteiger partial charge is 0.295 e. The summed E-state index contributed by atoms with van der Waals surface area (Å²) < 4.78 is 13.6. The Morgan fingerprint density at radius 2 is 1.71 bits per heavy atom. The number of aryl methyl sites for hydroxylation is 2. The van der Waals surface area contributed by atoms with Gasteiger partial charge in [-0.15, -0.1) is 0 Å². The summed E-state index contributed by atoms with van der Waals surface area (Å²) in [6.45, 7) is 3.86. The Hall–Kier alpha value is -3.80. The normalized spacial score (nSPS) is 17.9. The second-order valence-electron chi connectivity index (χ2n) is 7.65. The van der Waals surface area contributed by atoms with E-state index < -0.39 is 23.5 Å². The van der Waals surface area contributed by atoms with Gasteiger partial charge in [0.15, 0.2) is 0 Å². The minimum absolute atomic E-state index is 0.000589. The van der Waals surface area contributed by atoms with Crippen molar-refractivity contribution in [2.24, 2.45) is 0 Å². The van der Waals surface area contributed by atoms with Gasteiger partial charge in [-0.3, -0.25) is 14.6 Å². The summed E-state index contributed by atoms with van der Waals surface area (Å²) in [7, 11) is 0. The molecule has 1 atom stereocenters. The molecule has 6 heteroatoms. The Kier molecular flexibility index (Phi) is 5.38. The molecule has 1 aliphatic heterocycles. The topological polar surface area (TPSA) is 70.5 Å². The van der Waals surface area contributed by atoms with Crippen molar-refractivity contribution in [1.82, 2.24) is 9.88 Å². The van der Waals surface area contributed by atoms with E-state index in [-0.39, 0.29) is 17.9 Å². The highest BCUT2D eigenvalue weighted by Gasteiger charge is 2.46. The van der Waals surface area contributed by atoms with Crippen LogP contribution in [0.1, 0.15) is 33.9 Å². The predicted molar refractivity (Wildman–Crippen MR) is 114 cm³/mol. The first-order valence-corrected chi connectivity index (χ1v) is 9.87. The van der Waals surface area contributed by atoms with Crippen LogP contribution in [0.2, 0.25) is 0 Å². The fourth-order valence-electron chi connectivity index (χ4n) is 3.86. The molecule has 0 bridgehead atoms. The Bertz CT molecular complexity index is 1190. The van der Waals surface area contributed by atoms with Gasteiger partial charge < -0.3 is 10.0 Å². The molecule has 1 aromatic heterocycles. The summed E-state index contributed by atoms with van der Waals surface area (Å²) in [5.41, 5.74) is 3.52. The van der Waals surface area contributed by atoms with E-state index in [0.29, 0.717) is 11.1 Å². The van der Waals surface area contributed by atoms with Gasteiger partial charge in [0.2, 0.25) is 0 Å². The molecule has 0 spiro atoms. The summed E-state index contributed by atoms with van der Waals surface area (Å²) in [6.07, 6.45) is 3.21. The minimum Gasteiger partial charge on any atom is -0.507 e. The highest BCUT2D eigenvalue weighted by Crippen LogP contribution is 2.40. The summed E-state index contributed by atoms with van der Waals surface area (Å²) >= 11 is 0. The number of benzene rings is 2. The monoisotopic (exact) mass is 416 g/mol. The maximum atomic E-state index is 13.6. The van der Waals surface area contributed by atoms with Crippen LogP contribution in [0.25, 0.3) is 5.76 Å². The Balaban J connectivity index is 1.90. The lowest BCUT2D eigenvalue weighted by atomic mass is 9.93. The molecule has 1 unspecified atom stereocenters. The zero-order valence-electron chi connectivity index (χ0n) is 17.2. The molecule has 4 rings (SSSR count). The van der Waals surface area contributed by atoms with Crippen LogP contribution in [0.4, 0.5) is 4.39 Å². The van der Waals surface area contributed by atoms with Gasteiger partial charge in [-0.25, -0.2) is 4.39 Å². The molecule has 1 N–H and O–H groups in total. The first kappa shape index (κ1) is 20.5. The third-order valence-electron chi connectivity index (χ3n) is 5.48. The van der Waals surface area contributed by atoms with Crippen molar-refractivity contribution in [3.63, 3.8) is 0 Å². The number of aliphatic hydroxyl groups is 1. The number of amides is 1. The van der Waals surface area contributed by atoms with Gasteiger partial charge in [0.1, 0.15) is 11.6 Å². The van der Waals surface area contributed by atoms with Crippen LogP contribution in [0.3, 0.4) is 0 Å². The maximum absolute atomic E-state index is 13.6. The van der Waals surface area contributed by atoms with Crippen LogP contribution in [-0.4, -0.2) is 26.7 Å². The van der Waals surface area contributed by atoms with Crippen LogP contribution >= 0.6 is 0 Å². The highest BCUT2D eigenvalue weighted by atomic mass is 19.1. The Morgan fingerprint density at radius 3 is 2.39 bits per heavy atom. The second-order valence-corrected chi connectivity index (χ2v) is 7.65. The number of hydrogen-bond acceptors (Lipinski definition) is 4. The zero-order chi connectivity index (χ0) is 22.1. The van der Waals surface area contributed by atoms with Crippen molar-refractivity contribution >= 4 is 17.4 Å². The van der Waals surface area contributed by atoms with E-state index in [1.54, 1.807) is 30.6 Å². The Morgan fingerprint density at radius 1 is 1.03 bits per heavy atom. The lowest BCUT2D eigenvalue weighted by molar-refractivity contribution is -0.140. The van der Waals surface area contributed by atoms with E-state index in [0.717, 1.165) is 16.7 Å². The summed E-state index contributed by atoms with van der Waals surface area (Å²) in [5.74, 6) is -2.13. The number of nitrogens with zero attached hydrogens (tertiary/aromatic N) is 2. The maximum Gasteiger partial charge on any atom is 0.295 e. The molecule has 0 radical (unpaired) electrons. The number of rotatable bonds is 4. The van der Waals surface area contributed by atoms with Crippen LogP contribution in [0.5, 0.6) is 0 Å². The van der Waals surface area contributed by atoms with Crippen LogP contribution in [0, 0.1) is 19.7 Å². The highest BCUT2D eigenvalue weighted by molar-refractivity contribution is 6.46. The third-order valence-corrected chi connectivity index (χ3v) is 5.48. The van der Waals surface area contributed by atoms with Crippen LogP contribution in [0.15, 0.2) is 72.6 Å². The number of aromatic nitrogens is 1. The molecule has 5 nitrogen and oxygen atoms in total. The van der Waals surface area contributed by atoms with Crippen molar-refractivity contribution in [3.05, 3.63) is 106 Å². The first-order valence-electron chi connectivity index (χ1n) is 9.87. The molecule has 1 saturated heterocycles. The standard InChI is InChI=1S/C25H21FN2O3/c1-15-3-4-16(2)20(13-15)23(29)21-22(18-5-7-19(26)8-6-18)28(25(31)24(21)30)14-17-9-11-27-12-10-17/h3-13,22,29H,14H2,1-2H3/b23-21+. The number of ketones is 1. The van der Waals surface area contributed by atoms with Gasteiger partial charge in [-0.05, 0) is 60.9 Å². The summed E-state index contributed by atoms with van der Waals surface area (Å²) in [5, 5.41) is 11.2. The van der Waals surface area contributed by atoms with Crippen molar-refractivity contribution in [1.29, 1.82) is 0 Å². The number of aliphatic hydroxyl groups excluding tert-OH is 1. The van der Waals surface area contributed by atoms with E-state index in [9.17, 15) is 19.1 Å². The molecule has 31 heavy (non-hydrogen) atoms. The molecule has 1 fully saturated rings. The van der Waals surface area contributed by atoms with E-state index >= 15 is 0 Å². The molecule has 1 aliphatic rings. The molecule has 156 valence electrons. The van der Waals surface area contributed by atoms with E-state index in [2.05, 4.69) is 4.98 Å². The molecule has 2 heterocycles. The molecule has 1 amide bonds. The minimum atomic E-state index is -0.839. The number of hydrogen-bond donors (Lipinski definition) is 1. The van der Waals surface area contributed by atoms with E-state index in [1.165, 1.54) is 29.2 Å². The average molecular weight is 416 g/mol. The fraction of sp³-hybridized carbons (Fsp3) is 0.160. The molecular weight excluding hydrogens is 395 g/mol. The predicted octanol–water partition coefficient (Wildman–Crippen LogP) is 4.46. The van der Waals surface area contributed by atoms with Crippen molar-refractivity contribution in [3.8, 4) is 0 Å². The number of likely N-dealkylation sites (tertiary alicyclic amines) is 1. The quantitative estimate of drug-likeness (QED) is 0.387. The number of carbonyl (C=O) groups is 2. The number of halogens is 1. The van der Waals surface area contributed by atoms with Crippen molar-refractivity contribution in [2.75, 3.05) is 0 Å². The number of carbonyl (C=O) groups excluding carboxylic acids is 2. The van der Waals surface area contributed by atoms with Gasteiger partial charge in [0, 0.05) is 24.5 Å². The Labute approximate surface area is 179 Å². The van der Waals surface area contributed by atoms with Crippen LogP contribution in [-0.2, 0) is 16.1 Å². The van der Waals surface area contributed by atoms with Gasteiger partial charge in [-0.2, -0.15) is 0 Å². The van der Waals surface area contributed by atoms with Gasteiger partial charge in [0.25, 0.3) is 11.7 Å². The van der Waals surface area contributed by atoms with Crippen molar-refractivity contribution < 1.29 is 19.1 Å². The fourth-order valence-corrected chi connectivity index (χ4v) is 3.86. The van der Waals surface area contributed by atoms with Crippen LogP contribution < -0.4 is 0 Å². The van der Waals surface area contributed by atoms with Gasteiger partial charge >= 0.3 is 0 Å². The molecule has 0 aliphatic carbocycles. The summed E-state index contributed by atoms with van der Waals surface area (Å²) in [4.78, 5) is 31.5. The third kappa shape index (κ3) is 3.84. The lowest BCUT2D eigenvalue weighted by Crippen LogP contribution is -2.29. The zero-order valence-corrected chi connectivity index (χ0v) is 17.2. The van der Waals surface area contributed by atoms with Gasteiger partial charge in [0.05, 0.1) is 11.6 Å². The van der Waals surface area contributed by atoms with E-state index in [4.69, 9.17) is 0 Å². The second kappa shape index (κ2) is 8.14. The SMILES string of the molecule is Cc1ccc(C)c(/C(O)=C2\C(=O)C(=O)N(Cc3ccncc3)C2c2ccc(F)cc2)c1. The molecule has 2 aromatic carbocycles. The summed E-state index contributed by atoms with van der Waals surface area (Å²) in [6, 6.07) is 13.8. The largest absolute Gasteiger partial charge is 0.507 e. The van der Waals surface area contributed by atoms with Crippen molar-refractivity contribution in [2.45, 2.75) is 26.4 Å². The molecular formula is C25H21FN2O3. The first-order chi connectivity index (χ1) is 14.9. The molecule has 3 aromatic rings. The molecule has 0 saturated carbocycles. The number of pyridine rings is 1. The lowest BCUT2D eigenvalue weighted by Gasteiger charge is -2.25.